The smallest absolute Gasteiger partial charge is 0.242 e. The second-order valence-corrected chi connectivity index (χ2v) is 10.4. The van der Waals surface area contributed by atoms with E-state index < -0.39 is 6.04 Å². The molecule has 1 amide bonds. The highest BCUT2D eigenvalue weighted by molar-refractivity contribution is 6.42. The van der Waals surface area contributed by atoms with Crippen LogP contribution in [0.25, 0.3) is 5.82 Å². The summed E-state index contributed by atoms with van der Waals surface area (Å²) < 4.78 is 1.77. The van der Waals surface area contributed by atoms with Crippen molar-refractivity contribution in [3.63, 3.8) is 0 Å². The monoisotopic (exact) mass is 574 g/mol. The largest absolute Gasteiger partial charge is 0.366 e. The van der Waals surface area contributed by atoms with E-state index in [1.165, 1.54) is 0 Å². The summed E-state index contributed by atoms with van der Waals surface area (Å²) in [4.78, 5) is 26.6. The fraction of sp³-hybridized carbons (Fsp3) is 0.259. The minimum absolute atomic E-state index is 0. The van der Waals surface area contributed by atoms with E-state index in [9.17, 15) is 4.79 Å². The molecule has 8 nitrogen and oxygen atoms in total. The van der Waals surface area contributed by atoms with Crippen LogP contribution >= 0.6 is 34.8 Å². The summed E-state index contributed by atoms with van der Waals surface area (Å²) in [5, 5.41) is 11.2. The van der Waals surface area contributed by atoms with Gasteiger partial charge in [0.15, 0.2) is 0 Å². The quantitative estimate of drug-likeness (QED) is 0.186. The number of aromatic nitrogens is 4. The van der Waals surface area contributed by atoms with Crippen LogP contribution in [-0.4, -0.2) is 31.5 Å². The number of benzene rings is 2. The number of nitrogens with one attached hydrogen (secondary N) is 3. The Labute approximate surface area is 238 Å². The lowest BCUT2D eigenvalue weighted by atomic mass is 10.0. The average Bonchev–Trinajstić information content (AvgIpc) is 3.43. The van der Waals surface area contributed by atoms with Gasteiger partial charge in [-0.15, -0.1) is 0 Å². The molecule has 200 valence electrons. The second-order valence-electron chi connectivity index (χ2n) is 9.18. The molecule has 0 saturated carbocycles. The van der Waals surface area contributed by atoms with Gasteiger partial charge < -0.3 is 16.0 Å². The van der Waals surface area contributed by atoms with E-state index in [-0.39, 0.29) is 13.3 Å². The molecule has 11 heteroatoms. The lowest BCUT2D eigenvalue weighted by Gasteiger charge is -2.21. The van der Waals surface area contributed by atoms with Gasteiger partial charge in [-0.2, -0.15) is 9.97 Å². The Morgan fingerprint density at radius 2 is 1.74 bits per heavy atom. The summed E-state index contributed by atoms with van der Waals surface area (Å²) in [6.45, 7) is 4.98. The third kappa shape index (κ3) is 7.84. The number of carbonyl (C=O) groups is 1. The van der Waals surface area contributed by atoms with E-state index in [2.05, 4.69) is 44.7 Å². The summed E-state index contributed by atoms with van der Waals surface area (Å²) in [7, 11) is 0. The zero-order valence-corrected chi connectivity index (χ0v) is 23.2. The summed E-state index contributed by atoms with van der Waals surface area (Å²) in [6, 6.07) is 14.1. The molecule has 1 atom stereocenters. The van der Waals surface area contributed by atoms with Crippen LogP contribution in [0.2, 0.25) is 15.1 Å². The predicted molar refractivity (Wildman–Crippen MR) is 155 cm³/mol. The maximum atomic E-state index is 13.2. The topological polar surface area (TPSA) is 96.8 Å². The van der Waals surface area contributed by atoms with Crippen LogP contribution in [0.3, 0.4) is 0 Å². The number of anilines is 2. The Hall–Kier alpha value is -3.33. The van der Waals surface area contributed by atoms with Gasteiger partial charge in [0.05, 0.1) is 10.0 Å². The Bertz CT molecular complexity index is 1370. The number of rotatable bonds is 11. The number of hydrogen-bond donors (Lipinski definition) is 3. The standard InChI is InChI=1S/C27H28Cl3N7O.H2/c1-17(2)11-23(26(38)33-14-18-3-6-20(28)7-4-18)34-27-35-24(13-25(36-27)37-10-9-31-16-37)32-15-19-5-8-21(29)22(30)12-19;/h3-10,12-13,16-17,23H,11,14-15H2,1-2H3,(H,33,38)(H2,32,34,35,36);1H/i;1+1. The normalized spacial score (nSPS) is 11.8. The number of halogens is 3. The fourth-order valence-electron chi connectivity index (χ4n) is 3.73. The van der Waals surface area contributed by atoms with E-state index in [1.807, 2.05) is 24.3 Å². The number of carbonyl (C=O) groups excluding carboxylic acids is 1. The summed E-state index contributed by atoms with van der Waals surface area (Å²) in [5.74, 6) is 1.61. The zero-order chi connectivity index (χ0) is 27.1. The molecule has 0 aliphatic heterocycles. The first-order valence-corrected chi connectivity index (χ1v) is 13.2. The molecule has 0 fully saturated rings. The maximum Gasteiger partial charge on any atom is 0.242 e. The number of hydrogen-bond acceptors (Lipinski definition) is 6. The van der Waals surface area contributed by atoms with Crippen molar-refractivity contribution < 1.29 is 6.22 Å². The third-order valence-corrected chi connectivity index (χ3v) is 6.64. The number of nitrogens with zero attached hydrogens (tertiary/aromatic N) is 4. The van der Waals surface area contributed by atoms with Crippen molar-refractivity contribution in [1.29, 1.82) is 0 Å². The Morgan fingerprint density at radius 1 is 0.974 bits per heavy atom. The zero-order valence-electron chi connectivity index (χ0n) is 21.0. The van der Waals surface area contributed by atoms with Gasteiger partial charge in [-0.1, -0.05) is 66.8 Å². The van der Waals surface area contributed by atoms with Gasteiger partial charge in [-0.3, -0.25) is 9.36 Å². The van der Waals surface area contributed by atoms with Crippen LogP contribution in [0.4, 0.5) is 11.8 Å². The van der Waals surface area contributed by atoms with Crippen molar-refractivity contribution in [2.45, 2.75) is 39.4 Å². The third-order valence-electron chi connectivity index (χ3n) is 5.65. The second kappa shape index (κ2) is 13.0. The molecule has 0 saturated heterocycles. The van der Waals surface area contributed by atoms with E-state index in [0.29, 0.717) is 52.2 Å². The highest BCUT2D eigenvalue weighted by atomic mass is 35.5. The van der Waals surface area contributed by atoms with Crippen LogP contribution in [0.5, 0.6) is 0 Å². The molecule has 0 bridgehead atoms. The minimum Gasteiger partial charge on any atom is -0.366 e. The van der Waals surface area contributed by atoms with E-state index in [1.54, 1.807) is 47.6 Å². The molecule has 3 N–H and O–H groups in total. The average molecular weight is 576 g/mol. The lowest BCUT2D eigenvalue weighted by Crippen LogP contribution is -2.40. The predicted octanol–water partition coefficient (Wildman–Crippen LogP) is 6.62. The van der Waals surface area contributed by atoms with Gasteiger partial charge in [0, 0.05) is 38.0 Å². The van der Waals surface area contributed by atoms with E-state index in [4.69, 9.17) is 34.8 Å². The Kier molecular flexibility index (Phi) is 9.44. The first kappa shape index (κ1) is 27.7. The molecule has 0 aliphatic rings. The molecule has 2 aromatic heterocycles. The maximum absolute atomic E-state index is 13.2. The van der Waals surface area contributed by atoms with Crippen LogP contribution in [0.15, 0.2) is 67.3 Å². The van der Waals surface area contributed by atoms with Crippen LogP contribution in [0.1, 0.15) is 32.8 Å². The van der Waals surface area contributed by atoms with Crippen LogP contribution in [0, 0.1) is 5.92 Å². The lowest BCUT2D eigenvalue weighted by molar-refractivity contribution is -0.122. The van der Waals surface area contributed by atoms with Gasteiger partial charge >= 0.3 is 0 Å². The van der Waals surface area contributed by atoms with E-state index in [0.717, 1.165) is 11.1 Å². The van der Waals surface area contributed by atoms with Gasteiger partial charge in [0.2, 0.25) is 11.9 Å². The molecule has 2 heterocycles. The molecule has 0 radical (unpaired) electrons. The van der Waals surface area contributed by atoms with Crippen LogP contribution < -0.4 is 16.0 Å². The van der Waals surface area contributed by atoms with Crippen molar-refractivity contribution in [1.82, 2.24) is 24.8 Å². The number of imidazole rings is 1. The van der Waals surface area contributed by atoms with Crippen molar-refractivity contribution in [2.24, 2.45) is 5.92 Å². The SMILES string of the molecule is CC(C)CC(Nc1nc(NCc2ccc(Cl)c(Cl)c2)cc(-n2ccnc2)n1)C(=O)NCc1ccc(Cl)cc1.[2HH]. The van der Waals surface area contributed by atoms with Crippen molar-refractivity contribution in [2.75, 3.05) is 10.6 Å². The first-order valence-electron chi connectivity index (χ1n) is 12.1. The molecule has 0 spiro atoms. The van der Waals surface area contributed by atoms with Gasteiger partial charge in [0.1, 0.15) is 24.0 Å². The fourth-order valence-corrected chi connectivity index (χ4v) is 4.18. The van der Waals surface area contributed by atoms with Crippen molar-refractivity contribution in [3.8, 4) is 5.82 Å². The van der Waals surface area contributed by atoms with E-state index >= 15 is 0 Å². The molecule has 2 aromatic carbocycles. The molecule has 0 aliphatic carbocycles. The van der Waals surface area contributed by atoms with Crippen molar-refractivity contribution >= 4 is 52.5 Å². The Morgan fingerprint density at radius 3 is 2.42 bits per heavy atom. The molecule has 4 rings (SSSR count). The first-order chi connectivity index (χ1) is 18.3. The Balaban J connectivity index is 0.00000420. The summed E-state index contributed by atoms with van der Waals surface area (Å²) >= 11 is 18.2. The van der Waals surface area contributed by atoms with Crippen LogP contribution in [-0.2, 0) is 17.9 Å². The number of amides is 1. The van der Waals surface area contributed by atoms with Crippen molar-refractivity contribution in [3.05, 3.63) is 93.4 Å². The van der Waals surface area contributed by atoms with Gasteiger partial charge in [0.25, 0.3) is 0 Å². The molecular formula is C27H30Cl3N7O. The summed E-state index contributed by atoms with van der Waals surface area (Å²) in [6.07, 6.45) is 5.71. The highest BCUT2D eigenvalue weighted by Crippen LogP contribution is 2.23. The van der Waals surface area contributed by atoms with Gasteiger partial charge in [-0.05, 0) is 47.7 Å². The molecular weight excluding hydrogens is 545 g/mol. The van der Waals surface area contributed by atoms with Gasteiger partial charge in [-0.25, -0.2) is 4.98 Å². The minimum atomic E-state index is -0.539. The molecule has 1 unspecified atom stereocenters. The highest BCUT2D eigenvalue weighted by Gasteiger charge is 2.21. The summed E-state index contributed by atoms with van der Waals surface area (Å²) in [5.41, 5.74) is 1.90. The molecule has 4 aromatic rings. The molecule has 38 heavy (non-hydrogen) atoms.